The molecule has 0 aliphatic heterocycles. The van der Waals surface area contributed by atoms with Gasteiger partial charge in [0.05, 0.1) is 0 Å². The van der Waals surface area contributed by atoms with Crippen molar-refractivity contribution in [3.63, 3.8) is 0 Å². The molecule has 0 nitrogen and oxygen atoms in total. The lowest BCUT2D eigenvalue weighted by molar-refractivity contribution is 0.125. The third-order valence-corrected chi connectivity index (χ3v) is 4.34. The van der Waals surface area contributed by atoms with Crippen molar-refractivity contribution in [3.8, 4) is 0 Å². The fourth-order valence-corrected chi connectivity index (χ4v) is 3.45. The molecule has 0 heterocycles. The maximum atomic E-state index is 2.48. The zero-order chi connectivity index (χ0) is 12.5. The summed E-state index contributed by atoms with van der Waals surface area (Å²) in [6.45, 7) is 9.59. The summed E-state index contributed by atoms with van der Waals surface area (Å²) in [6.07, 6.45) is 5.55. The molecular weight excluding hydrogens is 204 g/mol. The first-order valence-corrected chi connectivity index (χ1v) is 6.97. The van der Waals surface area contributed by atoms with Crippen molar-refractivity contribution in [3.05, 3.63) is 35.9 Å². The minimum absolute atomic E-state index is 0.373. The van der Waals surface area contributed by atoms with Crippen LogP contribution in [0.4, 0.5) is 0 Å². The topological polar surface area (TPSA) is 0 Å². The zero-order valence-corrected chi connectivity index (χ0v) is 11.8. The van der Waals surface area contributed by atoms with Crippen LogP contribution in [0.5, 0.6) is 0 Å². The summed E-state index contributed by atoms with van der Waals surface area (Å²) in [4.78, 5) is 0. The Morgan fingerprint density at radius 1 is 1.00 bits per heavy atom. The summed E-state index contributed by atoms with van der Waals surface area (Å²) in [7, 11) is 0. The third-order valence-electron chi connectivity index (χ3n) is 4.34. The van der Waals surface area contributed by atoms with E-state index < -0.39 is 0 Å². The molecule has 1 unspecified atom stereocenters. The average Bonchev–Trinajstić information content (AvgIpc) is 2.13. The summed E-state index contributed by atoms with van der Waals surface area (Å²) >= 11 is 0. The lowest BCUT2D eigenvalue weighted by Crippen LogP contribution is -2.39. The largest absolute Gasteiger partial charge is 0.0622 e. The predicted octanol–water partition coefficient (Wildman–Crippen LogP) is 5.18. The van der Waals surface area contributed by atoms with Crippen LogP contribution in [0.15, 0.2) is 30.3 Å². The molecule has 0 radical (unpaired) electrons. The van der Waals surface area contributed by atoms with E-state index in [0.29, 0.717) is 10.8 Å². The Bertz CT molecular complexity index is 353. The number of benzene rings is 1. The van der Waals surface area contributed by atoms with Crippen molar-refractivity contribution in [1.29, 1.82) is 0 Å². The average molecular weight is 230 g/mol. The molecule has 17 heavy (non-hydrogen) atoms. The lowest BCUT2D eigenvalue weighted by atomic mass is 9.58. The SMILES string of the molecule is CC(C)(C)CC(C)(c1ccccc1)C1CCC1. The van der Waals surface area contributed by atoms with E-state index in [1.807, 2.05) is 0 Å². The lowest BCUT2D eigenvalue weighted by Gasteiger charge is -2.46. The van der Waals surface area contributed by atoms with Gasteiger partial charge in [0.25, 0.3) is 0 Å². The van der Waals surface area contributed by atoms with Gasteiger partial charge in [-0.1, -0.05) is 64.4 Å². The second-order valence-electron chi connectivity index (χ2n) is 7.15. The van der Waals surface area contributed by atoms with Crippen LogP contribution in [-0.4, -0.2) is 0 Å². The number of hydrogen-bond donors (Lipinski definition) is 0. The Balaban J connectivity index is 2.30. The number of hydrogen-bond acceptors (Lipinski definition) is 0. The summed E-state index contributed by atoms with van der Waals surface area (Å²) in [5.74, 6) is 0.893. The molecule has 0 heteroatoms. The normalized spacial score (nSPS) is 20.7. The van der Waals surface area contributed by atoms with Gasteiger partial charge in [-0.3, -0.25) is 0 Å². The molecule has 1 aromatic carbocycles. The Morgan fingerprint density at radius 2 is 1.59 bits per heavy atom. The smallest absolute Gasteiger partial charge is 0.00421 e. The molecule has 1 aromatic rings. The van der Waals surface area contributed by atoms with Gasteiger partial charge in [0, 0.05) is 0 Å². The van der Waals surface area contributed by atoms with E-state index >= 15 is 0 Å². The maximum absolute atomic E-state index is 2.48. The maximum Gasteiger partial charge on any atom is -0.00421 e. The predicted molar refractivity (Wildman–Crippen MR) is 75.2 cm³/mol. The van der Waals surface area contributed by atoms with E-state index in [0.717, 1.165) is 5.92 Å². The summed E-state index contributed by atoms with van der Waals surface area (Å²) < 4.78 is 0. The van der Waals surface area contributed by atoms with Crippen LogP contribution in [0.2, 0.25) is 0 Å². The van der Waals surface area contributed by atoms with Gasteiger partial charge in [-0.2, -0.15) is 0 Å². The molecule has 0 amide bonds. The van der Waals surface area contributed by atoms with Crippen molar-refractivity contribution >= 4 is 0 Å². The zero-order valence-electron chi connectivity index (χ0n) is 11.8. The molecule has 94 valence electrons. The van der Waals surface area contributed by atoms with Gasteiger partial charge in [-0.15, -0.1) is 0 Å². The molecule has 0 bridgehead atoms. The van der Waals surface area contributed by atoms with Crippen molar-refractivity contribution in [2.45, 2.75) is 58.8 Å². The van der Waals surface area contributed by atoms with E-state index in [2.05, 4.69) is 58.0 Å². The monoisotopic (exact) mass is 230 g/mol. The summed E-state index contributed by atoms with van der Waals surface area (Å²) in [5.41, 5.74) is 2.32. The van der Waals surface area contributed by atoms with Gasteiger partial charge in [-0.05, 0) is 41.6 Å². The van der Waals surface area contributed by atoms with Crippen LogP contribution in [0.1, 0.15) is 58.9 Å². The highest BCUT2D eigenvalue weighted by atomic mass is 14.5. The van der Waals surface area contributed by atoms with Gasteiger partial charge in [0.1, 0.15) is 0 Å². The first-order chi connectivity index (χ1) is 7.92. The summed E-state index contributed by atoms with van der Waals surface area (Å²) in [6, 6.07) is 11.2. The molecule has 2 rings (SSSR count). The third kappa shape index (κ3) is 2.73. The standard InChI is InChI=1S/C17H26/c1-16(2,3)13-17(4,15-11-8-12-15)14-9-6-5-7-10-14/h5-7,9-10,15H,8,11-13H2,1-4H3. The van der Waals surface area contributed by atoms with Gasteiger partial charge >= 0.3 is 0 Å². The Morgan fingerprint density at radius 3 is 2.00 bits per heavy atom. The van der Waals surface area contributed by atoms with Crippen LogP contribution in [0, 0.1) is 11.3 Å². The second kappa shape index (κ2) is 4.48. The highest BCUT2D eigenvalue weighted by Gasteiger charge is 2.41. The van der Waals surface area contributed by atoms with Crippen LogP contribution >= 0.6 is 0 Å². The van der Waals surface area contributed by atoms with Gasteiger partial charge in [0.2, 0.25) is 0 Å². The Kier molecular flexibility index (Phi) is 3.34. The Labute approximate surface area is 106 Å². The molecule has 0 saturated heterocycles. The first-order valence-electron chi connectivity index (χ1n) is 6.97. The van der Waals surface area contributed by atoms with Crippen LogP contribution < -0.4 is 0 Å². The summed E-state index contributed by atoms with van der Waals surface area (Å²) in [5, 5.41) is 0. The molecule has 0 spiro atoms. The fraction of sp³-hybridized carbons (Fsp3) is 0.647. The number of rotatable bonds is 3. The quantitative estimate of drug-likeness (QED) is 0.671. The molecule has 1 aliphatic rings. The van der Waals surface area contributed by atoms with Crippen LogP contribution in [-0.2, 0) is 5.41 Å². The van der Waals surface area contributed by atoms with Crippen molar-refractivity contribution in [2.24, 2.45) is 11.3 Å². The van der Waals surface area contributed by atoms with Gasteiger partial charge in [0.15, 0.2) is 0 Å². The molecule has 0 N–H and O–H groups in total. The molecule has 0 aromatic heterocycles. The van der Waals surface area contributed by atoms with E-state index in [1.54, 1.807) is 5.56 Å². The van der Waals surface area contributed by atoms with Crippen LogP contribution in [0.3, 0.4) is 0 Å². The molecule has 1 fully saturated rings. The molecular formula is C17H26. The van der Waals surface area contributed by atoms with E-state index in [4.69, 9.17) is 0 Å². The first kappa shape index (κ1) is 12.7. The van der Waals surface area contributed by atoms with Gasteiger partial charge < -0.3 is 0 Å². The fourth-order valence-electron chi connectivity index (χ4n) is 3.45. The van der Waals surface area contributed by atoms with E-state index in [-0.39, 0.29) is 0 Å². The van der Waals surface area contributed by atoms with Crippen molar-refractivity contribution in [1.82, 2.24) is 0 Å². The van der Waals surface area contributed by atoms with E-state index in [9.17, 15) is 0 Å². The Hall–Kier alpha value is -0.780. The minimum atomic E-state index is 0.373. The molecule has 1 atom stereocenters. The second-order valence-corrected chi connectivity index (χ2v) is 7.15. The highest BCUT2D eigenvalue weighted by molar-refractivity contribution is 5.26. The van der Waals surface area contributed by atoms with Gasteiger partial charge in [-0.25, -0.2) is 0 Å². The minimum Gasteiger partial charge on any atom is -0.0622 e. The van der Waals surface area contributed by atoms with Crippen molar-refractivity contribution < 1.29 is 0 Å². The molecule has 1 aliphatic carbocycles. The van der Waals surface area contributed by atoms with Crippen molar-refractivity contribution in [2.75, 3.05) is 0 Å². The van der Waals surface area contributed by atoms with Crippen LogP contribution in [0.25, 0.3) is 0 Å². The van der Waals surface area contributed by atoms with E-state index in [1.165, 1.54) is 25.7 Å². The highest BCUT2D eigenvalue weighted by Crippen LogP contribution is 2.49. The molecule has 1 saturated carbocycles.